The first kappa shape index (κ1) is 22.0. The average molecular weight is 398 g/mol. The Morgan fingerprint density at radius 3 is 2.26 bits per heavy atom. The van der Waals surface area contributed by atoms with Gasteiger partial charge in [-0.3, -0.25) is 4.79 Å². The lowest BCUT2D eigenvalue weighted by Crippen LogP contribution is -2.58. The predicted molar refractivity (Wildman–Crippen MR) is 105 cm³/mol. The number of hydrogen-bond donors (Lipinski definition) is 1. The zero-order chi connectivity index (χ0) is 20.1. The molecule has 27 heavy (non-hydrogen) atoms. The number of carbonyl (C=O) groups excluding carboxylic acids is 1. The summed E-state index contributed by atoms with van der Waals surface area (Å²) in [6, 6.07) is 6.13. The largest absolute Gasteiger partial charge is 0.358 e. The topological polar surface area (TPSA) is 79.0 Å². The summed E-state index contributed by atoms with van der Waals surface area (Å²) in [7, 11) is 0.177. The summed E-state index contributed by atoms with van der Waals surface area (Å²) < 4.78 is 34.5. The highest BCUT2D eigenvalue weighted by atomic mass is 32.2. The van der Waals surface area contributed by atoms with Gasteiger partial charge in [-0.05, 0) is 46.2 Å². The van der Waals surface area contributed by atoms with Crippen LogP contribution in [0.4, 0.5) is 0 Å². The fourth-order valence-corrected chi connectivity index (χ4v) is 5.12. The minimum absolute atomic E-state index is 0.0897. The van der Waals surface area contributed by atoms with E-state index in [9.17, 15) is 13.2 Å². The molecule has 0 saturated carbocycles. The number of nitrogens with one attached hydrogen (secondary N) is 1. The Morgan fingerprint density at radius 2 is 1.78 bits per heavy atom. The normalized spacial score (nSPS) is 17.4. The Hall–Kier alpha value is -1.32. The molecule has 0 unspecified atom stereocenters. The first-order chi connectivity index (χ1) is 12.7. The molecule has 0 amide bonds. The van der Waals surface area contributed by atoms with Crippen LogP contribution < -0.4 is 5.32 Å². The van der Waals surface area contributed by atoms with Crippen molar-refractivity contribution in [3.63, 3.8) is 0 Å². The van der Waals surface area contributed by atoms with Crippen molar-refractivity contribution in [3.8, 4) is 0 Å². The standard InChI is InChI=1S/C19H31N3O4S/c1-5-22(19(10-12-20-13-11-19)26-15-14-21(3)4)27(24,25)18-8-6-17(7-9-18)16(2)23/h6-9,20H,5,10-15H2,1-4H3. The summed E-state index contributed by atoms with van der Waals surface area (Å²) >= 11 is 0. The monoisotopic (exact) mass is 397 g/mol. The number of carbonyl (C=O) groups is 1. The summed E-state index contributed by atoms with van der Waals surface area (Å²) in [5, 5.41) is 3.28. The molecule has 0 radical (unpaired) electrons. The third-order valence-corrected chi connectivity index (χ3v) is 6.92. The van der Waals surface area contributed by atoms with Crippen LogP contribution in [-0.2, 0) is 14.8 Å². The minimum atomic E-state index is -3.75. The Labute approximate surface area is 162 Å². The van der Waals surface area contributed by atoms with Crippen LogP contribution in [-0.4, -0.2) is 76.0 Å². The number of likely N-dealkylation sites (N-methyl/N-ethyl adjacent to an activating group) is 1. The zero-order valence-corrected chi connectivity index (χ0v) is 17.5. The van der Waals surface area contributed by atoms with Crippen LogP contribution in [0.3, 0.4) is 0 Å². The number of rotatable bonds is 9. The van der Waals surface area contributed by atoms with Crippen LogP contribution in [0.25, 0.3) is 0 Å². The lowest BCUT2D eigenvalue weighted by Gasteiger charge is -2.45. The van der Waals surface area contributed by atoms with Crippen molar-refractivity contribution < 1.29 is 17.9 Å². The lowest BCUT2D eigenvalue weighted by atomic mass is 10.0. The van der Waals surface area contributed by atoms with E-state index in [1.54, 1.807) is 12.1 Å². The number of nitrogens with zero attached hydrogens (tertiary/aromatic N) is 2. The second-order valence-electron chi connectivity index (χ2n) is 7.10. The average Bonchev–Trinajstić information content (AvgIpc) is 2.62. The zero-order valence-electron chi connectivity index (χ0n) is 16.7. The Bertz CT molecular complexity index is 726. The molecular weight excluding hydrogens is 366 g/mol. The van der Waals surface area contributed by atoms with E-state index in [1.165, 1.54) is 23.4 Å². The van der Waals surface area contributed by atoms with Gasteiger partial charge in [0, 0.05) is 31.5 Å². The molecule has 1 aromatic rings. The van der Waals surface area contributed by atoms with Gasteiger partial charge < -0.3 is 15.0 Å². The molecule has 1 saturated heterocycles. The van der Waals surface area contributed by atoms with Gasteiger partial charge in [-0.25, -0.2) is 8.42 Å². The molecule has 1 aliphatic rings. The third-order valence-electron chi connectivity index (χ3n) is 4.88. The Morgan fingerprint density at radius 1 is 1.19 bits per heavy atom. The van der Waals surface area contributed by atoms with Crippen LogP contribution in [0.2, 0.25) is 0 Å². The number of Topliss-reactive ketones (excluding diaryl/α,β-unsaturated/α-hetero) is 1. The van der Waals surface area contributed by atoms with Gasteiger partial charge >= 0.3 is 0 Å². The summed E-state index contributed by atoms with van der Waals surface area (Å²) in [4.78, 5) is 13.7. The fraction of sp³-hybridized carbons (Fsp3) is 0.632. The molecule has 2 rings (SSSR count). The predicted octanol–water partition coefficient (Wildman–Crippen LogP) is 1.56. The number of ether oxygens (including phenoxy) is 1. The molecule has 0 aliphatic carbocycles. The van der Waals surface area contributed by atoms with Gasteiger partial charge in [0.2, 0.25) is 10.0 Å². The Kier molecular flexibility index (Phi) is 7.53. The molecule has 0 spiro atoms. The van der Waals surface area contributed by atoms with Crippen LogP contribution >= 0.6 is 0 Å². The molecule has 0 aromatic heterocycles. The van der Waals surface area contributed by atoms with Gasteiger partial charge in [0.1, 0.15) is 5.72 Å². The summed E-state index contributed by atoms with van der Waals surface area (Å²) in [5.41, 5.74) is -0.357. The third kappa shape index (κ3) is 5.14. The molecule has 0 bridgehead atoms. The highest BCUT2D eigenvalue weighted by molar-refractivity contribution is 7.89. The van der Waals surface area contributed by atoms with Crippen LogP contribution in [0.15, 0.2) is 29.2 Å². The van der Waals surface area contributed by atoms with E-state index in [1.807, 2.05) is 25.9 Å². The van der Waals surface area contributed by atoms with Crippen molar-refractivity contribution in [2.45, 2.75) is 37.3 Å². The first-order valence-corrected chi connectivity index (χ1v) is 10.8. The van der Waals surface area contributed by atoms with Crippen molar-refractivity contribution in [1.82, 2.24) is 14.5 Å². The van der Waals surface area contributed by atoms with Gasteiger partial charge in [0.15, 0.2) is 5.78 Å². The molecule has 0 atom stereocenters. The highest BCUT2D eigenvalue weighted by Crippen LogP contribution is 2.33. The van der Waals surface area contributed by atoms with E-state index in [2.05, 4.69) is 5.32 Å². The molecule has 1 fully saturated rings. The molecule has 1 aliphatic heterocycles. The van der Waals surface area contributed by atoms with Gasteiger partial charge in [-0.1, -0.05) is 19.1 Å². The van der Waals surface area contributed by atoms with E-state index in [0.29, 0.717) is 44.6 Å². The first-order valence-electron chi connectivity index (χ1n) is 9.36. The maximum absolute atomic E-state index is 13.4. The number of sulfonamides is 1. The molecule has 152 valence electrons. The van der Waals surface area contributed by atoms with Gasteiger partial charge in [0.25, 0.3) is 0 Å². The van der Waals surface area contributed by atoms with E-state index in [0.717, 1.165) is 6.54 Å². The smallest absolute Gasteiger partial charge is 0.245 e. The molecular formula is C19H31N3O4S. The minimum Gasteiger partial charge on any atom is -0.358 e. The number of hydrogen-bond acceptors (Lipinski definition) is 6. The van der Waals surface area contributed by atoms with E-state index in [4.69, 9.17) is 4.74 Å². The SMILES string of the molecule is CCN(C1(OCCN(C)C)CCNCC1)S(=O)(=O)c1ccc(C(C)=O)cc1. The van der Waals surface area contributed by atoms with Crippen LogP contribution in [0.1, 0.15) is 37.0 Å². The highest BCUT2D eigenvalue weighted by Gasteiger charge is 2.45. The number of ketones is 1. The second kappa shape index (κ2) is 9.25. The van der Waals surface area contributed by atoms with E-state index < -0.39 is 15.7 Å². The van der Waals surface area contributed by atoms with Gasteiger partial charge in [-0.2, -0.15) is 4.31 Å². The summed E-state index contributed by atoms with van der Waals surface area (Å²) in [6.45, 7) is 6.21. The van der Waals surface area contributed by atoms with Crippen molar-refractivity contribution >= 4 is 15.8 Å². The maximum atomic E-state index is 13.4. The molecule has 7 nitrogen and oxygen atoms in total. The van der Waals surface area contributed by atoms with Crippen LogP contribution in [0.5, 0.6) is 0 Å². The van der Waals surface area contributed by atoms with Crippen molar-refractivity contribution in [2.75, 3.05) is 46.9 Å². The molecule has 1 heterocycles. The van der Waals surface area contributed by atoms with Gasteiger partial charge in [-0.15, -0.1) is 0 Å². The van der Waals surface area contributed by atoms with Crippen molar-refractivity contribution in [1.29, 1.82) is 0 Å². The van der Waals surface area contributed by atoms with Gasteiger partial charge in [0.05, 0.1) is 11.5 Å². The maximum Gasteiger partial charge on any atom is 0.245 e. The molecule has 1 N–H and O–H groups in total. The van der Waals surface area contributed by atoms with E-state index >= 15 is 0 Å². The Balaban J connectivity index is 2.34. The van der Waals surface area contributed by atoms with Crippen molar-refractivity contribution in [2.24, 2.45) is 0 Å². The lowest BCUT2D eigenvalue weighted by molar-refractivity contribution is -0.138. The van der Waals surface area contributed by atoms with Crippen LogP contribution in [0, 0.1) is 0 Å². The summed E-state index contributed by atoms with van der Waals surface area (Å²) in [5.74, 6) is -0.0897. The number of piperidine rings is 1. The molecule has 8 heteroatoms. The van der Waals surface area contributed by atoms with Crippen molar-refractivity contribution in [3.05, 3.63) is 29.8 Å². The second-order valence-corrected chi connectivity index (χ2v) is 8.96. The quantitative estimate of drug-likeness (QED) is 0.503. The summed E-state index contributed by atoms with van der Waals surface area (Å²) in [6.07, 6.45) is 1.19. The molecule has 1 aromatic carbocycles. The fourth-order valence-electron chi connectivity index (χ4n) is 3.37. The van der Waals surface area contributed by atoms with E-state index in [-0.39, 0.29) is 10.7 Å². The number of benzene rings is 1.